The van der Waals surface area contributed by atoms with E-state index in [9.17, 15) is 9.59 Å². The molecule has 188 valence electrons. The number of nitrogens with zero attached hydrogens (tertiary/aromatic N) is 3. The Bertz CT molecular complexity index is 1510. The predicted octanol–water partition coefficient (Wildman–Crippen LogP) is 6.32. The van der Waals surface area contributed by atoms with Gasteiger partial charge < -0.3 is 10.2 Å². The number of rotatable bonds is 5. The Morgan fingerprint density at radius 3 is 2.57 bits per heavy atom. The number of hydrogen-bond donors (Lipinski definition) is 1. The molecule has 0 atom stereocenters. The number of nitrogens with one attached hydrogen (secondary N) is 1. The molecule has 0 spiro atoms. The maximum absolute atomic E-state index is 13.7. The summed E-state index contributed by atoms with van der Waals surface area (Å²) in [4.78, 5) is 28.6. The predicted molar refractivity (Wildman–Crippen MR) is 149 cm³/mol. The van der Waals surface area contributed by atoms with Gasteiger partial charge in [-0.1, -0.05) is 55.8 Å². The number of halogens is 1. The molecule has 1 aliphatic heterocycles. The third-order valence-electron chi connectivity index (χ3n) is 6.91. The molecular formula is C30H29ClN4O2. The number of amides is 2. The lowest BCUT2D eigenvalue weighted by atomic mass is 9.96. The molecule has 1 aromatic heterocycles. The Morgan fingerprint density at radius 1 is 1.00 bits per heavy atom. The molecule has 6 nitrogen and oxygen atoms in total. The molecule has 4 aromatic rings. The second-order valence-corrected chi connectivity index (χ2v) is 9.61. The van der Waals surface area contributed by atoms with Crippen LogP contribution in [0.25, 0.3) is 11.3 Å². The van der Waals surface area contributed by atoms with E-state index in [1.54, 1.807) is 23.1 Å². The number of carbonyl (C=O) groups excluding carboxylic acids is 2. The van der Waals surface area contributed by atoms with Gasteiger partial charge in [0.15, 0.2) is 0 Å². The van der Waals surface area contributed by atoms with E-state index in [0.717, 1.165) is 40.9 Å². The second kappa shape index (κ2) is 10.2. The number of carbonyl (C=O) groups is 2. The first-order valence-corrected chi connectivity index (χ1v) is 12.9. The molecule has 5 rings (SSSR count). The molecule has 0 aliphatic carbocycles. The molecule has 1 N–H and O–H groups in total. The standard InChI is InChI=1S/C30H29ClN4O2/c1-4-19-9-8-11-23(22(19)5-2)29(36)32-21-13-14-24(26(31)17-21)30(37)35-16-15-20-18-34(3)33-28(20)25-10-6-7-12-27(25)35/h6-14,17-18H,4-5,15-16H2,1-3H3,(H,32,36). The lowest BCUT2D eigenvalue weighted by Crippen LogP contribution is -2.32. The molecule has 0 fully saturated rings. The number of fused-ring (bicyclic) bond motifs is 3. The zero-order valence-electron chi connectivity index (χ0n) is 21.2. The van der Waals surface area contributed by atoms with Crippen molar-refractivity contribution < 1.29 is 9.59 Å². The zero-order valence-corrected chi connectivity index (χ0v) is 22.0. The van der Waals surface area contributed by atoms with Crippen LogP contribution in [0.15, 0.2) is 66.9 Å². The Balaban J connectivity index is 1.41. The summed E-state index contributed by atoms with van der Waals surface area (Å²) in [7, 11) is 1.91. The van der Waals surface area contributed by atoms with Crippen molar-refractivity contribution in [3.63, 3.8) is 0 Å². The Kier molecular flexibility index (Phi) is 6.85. The fourth-order valence-electron chi connectivity index (χ4n) is 5.13. The van der Waals surface area contributed by atoms with Crippen LogP contribution in [-0.4, -0.2) is 28.1 Å². The number of aryl methyl sites for hydroxylation is 2. The van der Waals surface area contributed by atoms with Crippen LogP contribution in [0.1, 0.15) is 51.3 Å². The van der Waals surface area contributed by atoms with Crippen LogP contribution in [0, 0.1) is 0 Å². The molecule has 1 aliphatic rings. The van der Waals surface area contributed by atoms with Gasteiger partial charge in [0, 0.05) is 36.6 Å². The highest BCUT2D eigenvalue weighted by Crippen LogP contribution is 2.36. The van der Waals surface area contributed by atoms with Gasteiger partial charge in [-0.25, -0.2) is 0 Å². The first-order valence-electron chi connectivity index (χ1n) is 12.6. The van der Waals surface area contributed by atoms with Gasteiger partial charge in [0.25, 0.3) is 11.8 Å². The summed E-state index contributed by atoms with van der Waals surface area (Å²) in [6, 6.07) is 18.7. The second-order valence-electron chi connectivity index (χ2n) is 9.20. The van der Waals surface area contributed by atoms with Gasteiger partial charge in [-0.3, -0.25) is 14.3 Å². The van der Waals surface area contributed by atoms with Crippen molar-refractivity contribution in [1.82, 2.24) is 9.78 Å². The van der Waals surface area contributed by atoms with E-state index in [1.165, 1.54) is 5.56 Å². The molecule has 3 aromatic carbocycles. The molecule has 0 unspecified atom stereocenters. The third kappa shape index (κ3) is 4.65. The summed E-state index contributed by atoms with van der Waals surface area (Å²) in [5.74, 6) is -0.372. The van der Waals surface area contributed by atoms with Crippen LogP contribution in [0.4, 0.5) is 11.4 Å². The summed E-state index contributed by atoms with van der Waals surface area (Å²) in [5, 5.41) is 7.88. The minimum absolute atomic E-state index is 0.186. The van der Waals surface area contributed by atoms with Crippen LogP contribution in [0.5, 0.6) is 0 Å². The monoisotopic (exact) mass is 512 g/mol. The number of para-hydroxylation sites is 1. The molecule has 0 saturated carbocycles. The average molecular weight is 513 g/mol. The Labute approximate surface area is 221 Å². The van der Waals surface area contributed by atoms with Gasteiger partial charge in [-0.15, -0.1) is 0 Å². The van der Waals surface area contributed by atoms with Crippen LogP contribution in [0.3, 0.4) is 0 Å². The van der Waals surface area contributed by atoms with Gasteiger partial charge >= 0.3 is 0 Å². The van der Waals surface area contributed by atoms with E-state index in [1.807, 2.05) is 54.3 Å². The molecular weight excluding hydrogens is 484 g/mol. The summed E-state index contributed by atoms with van der Waals surface area (Å²) in [5.41, 5.74) is 7.55. The van der Waals surface area contributed by atoms with Gasteiger partial charge in [0.05, 0.1) is 22.0 Å². The lowest BCUT2D eigenvalue weighted by Gasteiger charge is -2.23. The Morgan fingerprint density at radius 2 is 1.81 bits per heavy atom. The first kappa shape index (κ1) is 24.8. The van der Waals surface area contributed by atoms with E-state index in [0.29, 0.717) is 34.8 Å². The molecule has 0 radical (unpaired) electrons. The highest BCUT2D eigenvalue weighted by atomic mass is 35.5. The molecule has 37 heavy (non-hydrogen) atoms. The molecule has 0 bridgehead atoms. The van der Waals surface area contributed by atoms with E-state index in [2.05, 4.69) is 30.3 Å². The van der Waals surface area contributed by atoms with Crippen molar-refractivity contribution in [2.75, 3.05) is 16.8 Å². The smallest absolute Gasteiger partial charge is 0.259 e. The largest absolute Gasteiger partial charge is 0.322 e. The molecule has 2 amide bonds. The normalized spacial score (nSPS) is 12.5. The number of benzene rings is 3. The van der Waals surface area contributed by atoms with Crippen molar-refractivity contribution in [3.05, 3.63) is 99.7 Å². The molecule has 7 heteroatoms. The van der Waals surface area contributed by atoms with Crippen molar-refractivity contribution in [2.45, 2.75) is 33.1 Å². The highest BCUT2D eigenvalue weighted by Gasteiger charge is 2.28. The van der Waals surface area contributed by atoms with Crippen LogP contribution < -0.4 is 10.2 Å². The maximum atomic E-state index is 13.7. The van der Waals surface area contributed by atoms with Crippen molar-refractivity contribution in [3.8, 4) is 11.3 Å². The van der Waals surface area contributed by atoms with Gasteiger partial charge in [0.2, 0.25) is 0 Å². The molecule has 0 saturated heterocycles. The first-order chi connectivity index (χ1) is 17.9. The quantitative estimate of drug-likeness (QED) is 0.340. The topological polar surface area (TPSA) is 67.2 Å². The average Bonchev–Trinajstić information content (AvgIpc) is 3.21. The summed E-state index contributed by atoms with van der Waals surface area (Å²) < 4.78 is 1.81. The van der Waals surface area contributed by atoms with E-state index in [-0.39, 0.29) is 11.8 Å². The SMILES string of the molecule is CCc1cccc(C(=O)Nc2ccc(C(=O)N3CCc4cn(C)nc4-c4ccccc43)c(Cl)c2)c1CC. The van der Waals surface area contributed by atoms with Gasteiger partial charge in [0.1, 0.15) is 0 Å². The fourth-order valence-corrected chi connectivity index (χ4v) is 5.39. The van der Waals surface area contributed by atoms with Crippen molar-refractivity contribution in [1.29, 1.82) is 0 Å². The minimum Gasteiger partial charge on any atom is -0.322 e. The number of anilines is 2. The third-order valence-corrected chi connectivity index (χ3v) is 7.23. The van der Waals surface area contributed by atoms with Gasteiger partial charge in [-0.05, 0) is 66.3 Å². The summed E-state index contributed by atoms with van der Waals surface area (Å²) >= 11 is 6.62. The van der Waals surface area contributed by atoms with Crippen molar-refractivity contribution >= 4 is 34.8 Å². The van der Waals surface area contributed by atoms with Crippen molar-refractivity contribution in [2.24, 2.45) is 7.05 Å². The maximum Gasteiger partial charge on any atom is 0.259 e. The summed E-state index contributed by atoms with van der Waals surface area (Å²) in [6.45, 7) is 4.65. The lowest BCUT2D eigenvalue weighted by molar-refractivity contribution is 0.0986. The zero-order chi connectivity index (χ0) is 26.1. The summed E-state index contributed by atoms with van der Waals surface area (Å²) in [6.07, 6.45) is 4.34. The van der Waals surface area contributed by atoms with E-state index in [4.69, 9.17) is 11.6 Å². The van der Waals surface area contributed by atoms with Crippen LogP contribution in [-0.2, 0) is 26.3 Å². The van der Waals surface area contributed by atoms with Crippen LogP contribution >= 0.6 is 11.6 Å². The fraction of sp³-hybridized carbons (Fsp3) is 0.233. The van der Waals surface area contributed by atoms with Crippen LogP contribution in [0.2, 0.25) is 5.02 Å². The highest BCUT2D eigenvalue weighted by molar-refractivity contribution is 6.35. The van der Waals surface area contributed by atoms with E-state index < -0.39 is 0 Å². The minimum atomic E-state index is -0.186. The molecule has 2 heterocycles. The van der Waals surface area contributed by atoms with E-state index >= 15 is 0 Å². The Hall–Kier alpha value is -3.90. The number of hydrogen-bond acceptors (Lipinski definition) is 3. The number of aromatic nitrogens is 2. The van der Waals surface area contributed by atoms with Gasteiger partial charge in [-0.2, -0.15) is 5.10 Å².